The number of hydrogen-bond donors (Lipinski definition) is 0. The molecule has 0 aromatic heterocycles. The summed E-state index contributed by atoms with van der Waals surface area (Å²) in [6.45, 7) is 3.65. The highest BCUT2D eigenvalue weighted by Gasteiger charge is 2.32. The van der Waals surface area contributed by atoms with Crippen LogP contribution in [0.1, 0.15) is 24.3 Å². The lowest BCUT2D eigenvalue weighted by Gasteiger charge is -2.20. The van der Waals surface area contributed by atoms with Gasteiger partial charge in [0.25, 0.3) is 0 Å². The van der Waals surface area contributed by atoms with E-state index in [4.69, 9.17) is 9.47 Å². The van der Waals surface area contributed by atoms with Gasteiger partial charge in [0.2, 0.25) is 18.0 Å². The van der Waals surface area contributed by atoms with E-state index in [9.17, 15) is 4.79 Å². The molecule has 1 heterocycles. The molecule has 0 N–H and O–H groups in total. The number of rotatable bonds is 5. The number of amides is 1. The fourth-order valence-electron chi connectivity index (χ4n) is 2.60. The van der Waals surface area contributed by atoms with Crippen LogP contribution in [0.15, 0.2) is 53.6 Å². The van der Waals surface area contributed by atoms with Crippen molar-refractivity contribution in [1.29, 1.82) is 0 Å². The SMILES string of the molecule is CC(=O)N1N=C(COc2ccc(C)cc2)OC1c1ccc(N(C)C)cc1. The topological polar surface area (TPSA) is 54.4 Å². The highest BCUT2D eigenvalue weighted by molar-refractivity contribution is 5.83. The molecule has 6 nitrogen and oxygen atoms in total. The van der Waals surface area contributed by atoms with Gasteiger partial charge in [-0.2, -0.15) is 5.01 Å². The maximum absolute atomic E-state index is 12.0. The fourth-order valence-corrected chi connectivity index (χ4v) is 2.60. The standard InChI is InChI=1S/C20H23N3O3/c1-14-5-11-18(12-6-14)25-13-19-21-23(15(2)24)20(26-19)16-7-9-17(10-8-16)22(3)4/h5-12,20H,13H2,1-4H3. The third kappa shape index (κ3) is 3.96. The molecular weight excluding hydrogens is 330 g/mol. The average Bonchev–Trinajstić information content (AvgIpc) is 3.06. The van der Waals surface area contributed by atoms with Gasteiger partial charge in [0.1, 0.15) is 5.75 Å². The molecule has 0 spiro atoms. The number of benzene rings is 2. The van der Waals surface area contributed by atoms with Crippen LogP contribution in [0.5, 0.6) is 5.75 Å². The second kappa shape index (κ2) is 7.47. The Kier molecular flexibility index (Phi) is 5.11. The van der Waals surface area contributed by atoms with E-state index in [1.165, 1.54) is 11.9 Å². The normalized spacial score (nSPS) is 16.1. The Balaban J connectivity index is 1.70. The van der Waals surface area contributed by atoms with Crippen molar-refractivity contribution in [3.05, 3.63) is 59.7 Å². The molecule has 0 aliphatic carbocycles. The van der Waals surface area contributed by atoms with Crippen LogP contribution < -0.4 is 9.64 Å². The van der Waals surface area contributed by atoms with E-state index in [0.717, 1.165) is 22.6 Å². The van der Waals surface area contributed by atoms with Crippen LogP contribution >= 0.6 is 0 Å². The second-order valence-electron chi connectivity index (χ2n) is 6.42. The van der Waals surface area contributed by atoms with Gasteiger partial charge in [-0.05, 0) is 31.2 Å². The molecule has 0 saturated heterocycles. The average molecular weight is 353 g/mol. The van der Waals surface area contributed by atoms with E-state index < -0.39 is 6.23 Å². The van der Waals surface area contributed by atoms with Gasteiger partial charge in [-0.15, -0.1) is 5.10 Å². The summed E-state index contributed by atoms with van der Waals surface area (Å²) >= 11 is 0. The Morgan fingerprint density at radius 1 is 1.15 bits per heavy atom. The molecule has 1 amide bonds. The van der Waals surface area contributed by atoms with Crippen LogP contribution in [0, 0.1) is 6.92 Å². The van der Waals surface area contributed by atoms with Crippen LogP contribution in [-0.2, 0) is 9.53 Å². The van der Waals surface area contributed by atoms with Crippen molar-refractivity contribution in [1.82, 2.24) is 5.01 Å². The predicted octanol–water partition coefficient (Wildman–Crippen LogP) is 3.33. The van der Waals surface area contributed by atoms with Gasteiger partial charge in [0.15, 0.2) is 6.61 Å². The number of ether oxygens (including phenoxy) is 2. The Bertz CT molecular complexity index is 798. The quantitative estimate of drug-likeness (QED) is 0.827. The highest BCUT2D eigenvalue weighted by atomic mass is 16.6. The largest absolute Gasteiger partial charge is 0.484 e. The first kappa shape index (κ1) is 17.8. The summed E-state index contributed by atoms with van der Waals surface area (Å²) < 4.78 is 11.6. The Morgan fingerprint density at radius 2 is 1.81 bits per heavy atom. The molecule has 136 valence electrons. The molecule has 2 aromatic carbocycles. The zero-order valence-corrected chi connectivity index (χ0v) is 15.5. The molecule has 3 rings (SSSR count). The van der Waals surface area contributed by atoms with Gasteiger partial charge in [-0.1, -0.05) is 29.8 Å². The van der Waals surface area contributed by atoms with E-state index in [-0.39, 0.29) is 12.5 Å². The molecule has 26 heavy (non-hydrogen) atoms. The first-order valence-corrected chi connectivity index (χ1v) is 8.45. The molecule has 1 aliphatic rings. The fraction of sp³-hybridized carbons (Fsp3) is 0.300. The molecule has 0 fully saturated rings. The maximum atomic E-state index is 12.0. The van der Waals surface area contributed by atoms with Crippen LogP contribution in [0.3, 0.4) is 0 Å². The summed E-state index contributed by atoms with van der Waals surface area (Å²) in [4.78, 5) is 14.0. The maximum Gasteiger partial charge on any atom is 0.247 e. The molecule has 1 aliphatic heterocycles. The van der Waals surface area contributed by atoms with E-state index in [1.807, 2.05) is 74.4 Å². The smallest absolute Gasteiger partial charge is 0.247 e. The Morgan fingerprint density at radius 3 is 2.38 bits per heavy atom. The third-order valence-electron chi connectivity index (χ3n) is 4.09. The number of anilines is 1. The lowest BCUT2D eigenvalue weighted by atomic mass is 10.1. The summed E-state index contributed by atoms with van der Waals surface area (Å²) in [7, 11) is 3.96. The van der Waals surface area contributed by atoms with E-state index in [0.29, 0.717) is 5.90 Å². The van der Waals surface area contributed by atoms with Crippen molar-refractivity contribution < 1.29 is 14.3 Å². The molecule has 0 radical (unpaired) electrons. The molecule has 2 aromatic rings. The minimum absolute atomic E-state index is 0.166. The minimum atomic E-state index is -0.569. The van der Waals surface area contributed by atoms with Gasteiger partial charge in [-0.25, -0.2) is 0 Å². The van der Waals surface area contributed by atoms with Crippen LogP contribution in [-0.4, -0.2) is 37.5 Å². The van der Waals surface area contributed by atoms with Gasteiger partial charge >= 0.3 is 0 Å². The van der Waals surface area contributed by atoms with Crippen molar-refractivity contribution in [2.75, 3.05) is 25.6 Å². The number of carbonyl (C=O) groups excluding carboxylic acids is 1. The van der Waals surface area contributed by atoms with Gasteiger partial charge in [0.05, 0.1) is 0 Å². The summed E-state index contributed by atoms with van der Waals surface area (Å²) in [5.41, 5.74) is 3.10. The van der Waals surface area contributed by atoms with Crippen LogP contribution in [0.4, 0.5) is 5.69 Å². The zero-order valence-electron chi connectivity index (χ0n) is 15.5. The highest BCUT2D eigenvalue weighted by Crippen LogP contribution is 2.29. The van der Waals surface area contributed by atoms with Gasteiger partial charge in [-0.3, -0.25) is 4.79 Å². The van der Waals surface area contributed by atoms with E-state index >= 15 is 0 Å². The number of aryl methyl sites for hydroxylation is 1. The van der Waals surface area contributed by atoms with E-state index in [2.05, 4.69) is 5.10 Å². The molecule has 1 atom stereocenters. The summed E-state index contributed by atoms with van der Waals surface area (Å²) in [5.74, 6) is 0.926. The second-order valence-corrected chi connectivity index (χ2v) is 6.42. The minimum Gasteiger partial charge on any atom is -0.484 e. The molecule has 6 heteroatoms. The van der Waals surface area contributed by atoms with Crippen LogP contribution in [0.2, 0.25) is 0 Å². The number of hydrazone groups is 1. The summed E-state index contributed by atoms with van der Waals surface area (Å²) in [6.07, 6.45) is -0.569. The third-order valence-corrected chi connectivity index (χ3v) is 4.09. The van der Waals surface area contributed by atoms with Crippen molar-refractivity contribution in [2.45, 2.75) is 20.1 Å². The van der Waals surface area contributed by atoms with Gasteiger partial charge < -0.3 is 14.4 Å². The lowest BCUT2D eigenvalue weighted by molar-refractivity contribution is -0.135. The zero-order chi connectivity index (χ0) is 18.7. The monoisotopic (exact) mass is 353 g/mol. The molecule has 0 saturated carbocycles. The Labute approximate surface area is 153 Å². The first-order valence-electron chi connectivity index (χ1n) is 8.45. The molecule has 1 unspecified atom stereocenters. The summed E-state index contributed by atoms with van der Waals surface area (Å²) in [6, 6.07) is 15.6. The van der Waals surface area contributed by atoms with Crippen molar-refractivity contribution in [3.8, 4) is 5.75 Å². The lowest BCUT2D eigenvalue weighted by Crippen LogP contribution is -2.25. The number of nitrogens with zero attached hydrogens (tertiary/aromatic N) is 3. The Hall–Kier alpha value is -3.02. The van der Waals surface area contributed by atoms with Crippen molar-refractivity contribution >= 4 is 17.5 Å². The predicted molar refractivity (Wildman–Crippen MR) is 101 cm³/mol. The van der Waals surface area contributed by atoms with Gasteiger partial charge in [0, 0.05) is 32.3 Å². The first-order chi connectivity index (χ1) is 12.4. The molecule has 0 bridgehead atoms. The molecular formula is C20H23N3O3. The van der Waals surface area contributed by atoms with Crippen molar-refractivity contribution in [3.63, 3.8) is 0 Å². The summed E-state index contributed by atoms with van der Waals surface area (Å²) in [5, 5.41) is 5.62. The number of carbonyl (C=O) groups is 1. The van der Waals surface area contributed by atoms with E-state index in [1.54, 1.807) is 0 Å². The van der Waals surface area contributed by atoms with Crippen LogP contribution in [0.25, 0.3) is 0 Å². The van der Waals surface area contributed by atoms with Crippen molar-refractivity contribution in [2.24, 2.45) is 5.10 Å². The number of hydrogen-bond acceptors (Lipinski definition) is 5.